The number of pyridine rings is 1. The number of nitro benzene ring substituents is 1. The number of fused-ring (bicyclic) bond motifs is 1. The molecule has 0 aliphatic carbocycles. The summed E-state index contributed by atoms with van der Waals surface area (Å²) in [6.07, 6.45) is 1.65. The summed E-state index contributed by atoms with van der Waals surface area (Å²) in [4.78, 5) is 35.0. The fourth-order valence-corrected chi connectivity index (χ4v) is 4.46. The molecule has 7 nitrogen and oxygen atoms in total. The zero-order valence-electron chi connectivity index (χ0n) is 16.7. The second-order valence-corrected chi connectivity index (χ2v) is 8.35. The van der Waals surface area contributed by atoms with Crippen LogP contribution in [0.5, 0.6) is 0 Å². The maximum absolute atomic E-state index is 13.6. The number of anilines is 1. The summed E-state index contributed by atoms with van der Waals surface area (Å²) in [5, 5.41) is 12.4. The highest BCUT2D eigenvalue weighted by Crippen LogP contribution is 2.35. The third-order valence-corrected chi connectivity index (χ3v) is 6.44. The van der Waals surface area contributed by atoms with Gasteiger partial charge in [0.25, 0.3) is 11.6 Å². The lowest BCUT2D eigenvalue weighted by molar-refractivity contribution is -0.385. The van der Waals surface area contributed by atoms with E-state index in [-0.39, 0.29) is 23.7 Å². The van der Waals surface area contributed by atoms with E-state index in [1.807, 2.05) is 25.1 Å². The molecule has 0 radical (unpaired) electrons. The molecule has 9 heteroatoms. The number of nitro groups is 1. The van der Waals surface area contributed by atoms with Gasteiger partial charge < -0.3 is 0 Å². The van der Waals surface area contributed by atoms with Gasteiger partial charge in [0.05, 0.1) is 27.4 Å². The monoisotopic (exact) mass is 452 g/mol. The Balaban J connectivity index is 1.84. The Hall–Kier alpha value is -3.36. The number of rotatable bonds is 5. The maximum Gasteiger partial charge on any atom is 0.273 e. The predicted molar refractivity (Wildman–Crippen MR) is 122 cm³/mol. The first-order valence-corrected chi connectivity index (χ1v) is 10.6. The zero-order chi connectivity index (χ0) is 22.1. The Morgan fingerprint density at radius 2 is 1.94 bits per heavy atom. The molecule has 0 aliphatic heterocycles. The van der Waals surface area contributed by atoms with Crippen LogP contribution >= 0.6 is 22.9 Å². The highest BCUT2D eigenvalue weighted by molar-refractivity contribution is 7.22. The minimum atomic E-state index is -0.488. The zero-order valence-corrected chi connectivity index (χ0v) is 18.3. The molecular formula is C22H17ClN4O3S. The summed E-state index contributed by atoms with van der Waals surface area (Å²) >= 11 is 7.60. The molecular weight excluding hydrogens is 436 g/mol. The maximum atomic E-state index is 13.6. The van der Waals surface area contributed by atoms with E-state index in [4.69, 9.17) is 11.6 Å². The number of carbonyl (C=O) groups excluding carboxylic acids is 1. The van der Waals surface area contributed by atoms with Gasteiger partial charge in [0.15, 0.2) is 5.13 Å². The van der Waals surface area contributed by atoms with Crippen molar-refractivity contribution >= 4 is 49.9 Å². The molecule has 0 fully saturated rings. The number of thiazole rings is 1. The molecule has 0 saturated carbocycles. The van der Waals surface area contributed by atoms with Crippen molar-refractivity contribution in [1.82, 2.24) is 9.97 Å². The van der Waals surface area contributed by atoms with Crippen molar-refractivity contribution in [3.05, 3.63) is 92.2 Å². The molecule has 0 unspecified atom stereocenters. The number of nitrogens with zero attached hydrogens (tertiary/aromatic N) is 4. The molecule has 0 bridgehead atoms. The summed E-state index contributed by atoms with van der Waals surface area (Å²) in [6, 6.07) is 13.6. The average molecular weight is 453 g/mol. The van der Waals surface area contributed by atoms with Crippen LogP contribution in [-0.2, 0) is 6.54 Å². The third kappa shape index (κ3) is 3.99. The molecule has 31 heavy (non-hydrogen) atoms. The molecule has 0 atom stereocenters. The molecule has 0 saturated heterocycles. The van der Waals surface area contributed by atoms with E-state index in [9.17, 15) is 14.9 Å². The van der Waals surface area contributed by atoms with Gasteiger partial charge >= 0.3 is 0 Å². The summed E-state index contributed by atoms with van der Waals surface area (Å²) in [5.41, 5.74) is 2.69. The Bertz CT molecular complexity index is 1310. The van der Waals surface area contributed by atoms with E-state index < -0.39 is 4.92 Å². The van der Waals surface area contributed by atoms with Crippen LogP contribution in [-0.4, -0.2) is 20.8 Å². The van der Waals surface area contributed by atoms with E-state index in [1.165, 1.54) is 28.4 Å². The molecule has 0 aliphatic rings. The number of aromatic nitrogens is 2. The second kappa shape index (κ2) is 8.41. The molecule has 2 aromatic carbocycles. The number of benzene rings is 2. The fourth-order valence-electron chi connectivity index (χ4n) is 3.28. The Kier molecular flexibility index (Phi) is 5.67. The van der Waals surface area contributed by atoms with Crippen molar-refractivity contribution in [1.29, 1.82) is 0 Å². The van der Waals surface area contributed by atoms with Crippen molar-refractivity contribution in [2.75, 3.05) is 4.90 Å². The number of aryl methyl sites for hydroxylation is 1. The van der Waals surface area contributed by atoms with Crippen molar-refractivity contribution in [2.24, 2.45) is 0 Å². The number of carbonyl (C=O) groups is 1. The Morgan fingerprint density at radius 1 is 1.13 bits per heavy atom. The highest BCUT2D eigenvalue weighted by atomic mass is 35.5. The average Bonchev–Trinajstić information content (AvgIpc) is 3.20. The summed E-state index contributed by atoms with van der Waals surface area (Å²) in [6.45, 7) is 3.63. The first-order chi connectivity index (χ1) is 14.9. The third-order valence-electron chi connectivity index (χ3n) is 4.99. The minimum Gasteiger partial charge on any atom is -0.278 e. The van der Waals surface area contributed by atoms with Gasteiger partial charge in [0, 0.05) is 28.4 Å². The van der Waals surface area contributed by atoms with Crippen LogP contribution < -0.4 is 4.90 Å². The van der Waals surface area contributed by atoms with Crippen LogP contribution in [0.1, 0.15) is 27.2 Å². The van der Waals surface area contributed by atoms with Gasteiger partial charge in [-0.15, -0.1) is 0 Å². The number of hydrogen-bond donors (Lipinski definition) is 0. The van der Waals surface area contributed by atoms with Crippen molar-refractivity contribution in [2.45, 2.75) is 20.4 Å². The standard InChI is InChI=1S/C22H17ClN4O3S/c1-13-16(7-5-8-18(13)27(29)30)21(28)26(12-15-6-3-4-11-24-15)22-25-20-14(2)17(23)9-10-19(20)31-22/h3-11H,12H2,1-2H3. The molecule has 4 rings (SSSR count). The molecule has 2 heterocycles. The van der Waals surface area contributed by atoms with Gasteiger partial charge in [-0.1, -0.05) is 35.1 Å². The van der Waals surface area contributed by atoms with Gasteiger partial charge in [-0.2, -0.15) is 0 Å². The van der Waals surface area contributed by atoms with Crippen LogP contribution in [0.2, 0.25) is 5.02 Å². The minimum absolute atomic E-state index is 0.101. The van der Waals surface area contributed by atoms with Crippen LogP contribution in [0.15, 0.2) is 54.7 Å². The topological polar surface area (TPSA) is 89.2 Å². The van der Waals surface area contributed by atoms with E-state index in [0.29, 0.717) is 21.4 Å². The lowest BCUT2D eigenvalue weighted by Crippen LogP contribution is -2.31. The molecule has 2 aromatic heterocycles. The van der Waals surface area contributed by atoms with Gasteiger partial charge in [-0.05, 0) is 49.7 Å². The van der Waals surface area contributed by atoms with E-state index in [2.05, 4.69) is 9.97 Å². The predicted octanol–water partition coefficient (Wildman–Crippen LogP) is 5.72. The lowest BCUT2D eigenvalue weighted by Gasteiger charge is -2.20. The second-order valence-electron chi connectivity index (χ2n) is 6.93. The first kappa shape index (κ1) is 20.9. The van der Waals surface area contributed by atoms with Crippen LogP contribution in [0, 0.1) is 24.0 Å². The molecule has 1 amide bonds. The lowest BCUT2D eigenvalue weighted by atomic mass is 10.1. The quantitative estimate of drug-likeness (QED) is 0.285. The number of halogens is 1. The largest absolute Gasteiger partial charge is 0.278 e. The Labute approximate surface area is 187 Å². The van der Waals surface area contributed by atoms with Crippen LogP contribution in [0.25, 0.3) is 10.2 Å². The van der Waals surface area contributed by atoms with E-state index >= 15 is 0 Å². The van der Waals surface area contributed by atoms with Crippen LogP contribution in [0.3, 0.4) is 0 Å². The number of amides is 1. The van der Waals surface area contributed by atoms with Gasteiger partial charge in [0.2, 0.25) is 0 Å². The number of hydrogen-bond acceptors (Lipinski definition) is 6. The van der Waals surface area contributed by atoms with Gasteiger partial charge in [-0.3, -0.25) is 24.8 Å². The first-order valence-electron chi connectivity index (χ1n) is 9.38. The summed E-state index contributed by atoms with van der Waals surface area (Å²) < 4.78 is 0.895. The van der Waals surface area contributed by atoms with E-state index in [1.54, 1.807) is 31.3 Å². The normalized spacial score (nSPS) is 10.9. The van der Waals surface area contributed by atoms with Crippen molar-refractivity contribution in [3.63, 3.8) is 0 Å². The molecule has 0 spiro atoms. The van der Waals surface area contributed by atoms with Gasteiger partial charge in [-0.25, -0.2) is 4.98 Å². The van der Waals surface area contributed by atoms with Crippen molar-refractivity contribution < 1.29 is 9.72 Å². The fraction of sp³-hybridized carbons (Fsp3) is 0.136. The highest BCUT2D eigenvalue weighted by Gasteiger charge is 2.26. The summed E-state index contributed by atoms with van der Waals surface area (Å²) in [5.74, 6) is -0.380. The molecule has 4 aromatic rings. The molecule has 156 valence electrons. The summed E-state index contributed by atoms with van der Waals surface area (Å²) in [7, 11) is 0. The Morgan fingerprint density at radius 3 is 2.65 bits per heavy atom. The molecule has 0 N–H and O–H groups in total. The van der Waals surface area contributed by atoms with E-state index in [0.717, 1.165) is 15.8 Å². The van der Waals surface area contributed by atoms with Gasteiger partial charge in [0.1, 0.15) is 0 Å². The van der Waals surface area contributed by atoms with Crippen molar-refractivity contribution in [3.8, 4) is 0 Å². The van der Waals surface area contributed by atoms with Crippen LogP contribution in [0.4, 0.5) is 10.8 Å². The smallest absolute Gasteiger partial charge is 0.273 e. The SMILES string of the molecule is Cc1c(C(=O)N(Cc2ccccn2)c2nc3c(C)c(Cl)ccc3s2)cccc1[N+](=O)[O-].